The van der Waals surface area contributed by atoms with Crippen LogP contribution in [0.1, 0.15) is 17.0 Å². The maximum absolute atomic E-state index is 12.5. The number of benzene rings is 1. The Morgan fingerprint density at radius 3 is 3.06 bits per heavy atom. The number of carbonyl (C=O) groups excluding carboxylic acids is 1. The van der Waals surface area contributed by atoms with Crippen LogP contribution in [0.15, 0.2) is 48.1 Å². The standard InChI is InChI=1S/C15H13NO/c1-16-9-11-8-10-6-7-15(11,14(16)17)13-5-3-2-4-12(10)13/h2-8,10H,9H2,1H3. The summed E-state index contributed by atoms with van der Waals surface area (Å²) < 4.78 is 0. The summed E-state index contributed by atoms with van der Waals surface area (Å²) in [6.45, 7) is 0.772. The van der Waals surface area contributed by atoms with E-state index in [1.54, 1.807) is 0 Å². The van der Waals surface area contributed by atoms with Crippen LogP contribution in [-0.2, 0) is 10.2 Å². The third-order valence-electron chi connectivity index (χ3n) is 4.28. The van der Waals surface area contributed by atoms with Gasteiger partial charge in [-0.25, -0.2) is 0 Å². The van der Waals surface area contributed by atoms with Crippen molar-refractivity contribution in [3.8, 4) is 0 Å². The first-order valence-electron chi connectivity index (χ1n) is 5.99. The molecule has 1 aliphatic heterocycles. The van der Waals surface area contributed by atoms with Crippen LogP contribution in [0.3, 0.4) is 0 Å². The van der Waals surface area contributed by atoms with Gasteiger partial charge in [-0.2, -0.15) is 0 Å². The number of allylic oxidation sites excluding steroid dienone is 2. The Morgan fingerprint density at radius 1 is 1.35 bits per heavy atom. The summed E-state index contributed by atoms with van der Waals surface area (Å²) >= 11 is 0. The minimum atomic E-state index is -0.472. The topological polar surface area (TPSA) is 20.3 Å². The molecule has 1 aromatic carbocycles. The molecule has 2 atom stereocenters. The Hall–Kier alpha value is -1.83. The van der Waals surface area contributed by atoms with Crippen LogP contribution in [0, 0.1) is 0 Å². The molecule has 1 saturated heterocycles. The van der Waals surface area contributed by atoms with Crippen molar-refractivity contribution >= 4 is 5.91 Å². The molecule has 2 bridgehead atoms. The fourth-order valence-electron chi connectivity index (χ4n) is 3.49. The van der Waals surface area contributed by atoms with Crippen molar-refractivity contribution in [1.82, 2.24) is 4.90 Å². The highest BCUT2D eigenvalue weighted by Crippen LogP contribution is 2.52. The van der Waals surface area contributed by atoms with Gasteiger partial charge in [-0.1, -0.05) is 42.5 Å². The van der Waals surface area contributed by atoms with Crippen LogP contribution >= 0.6 is 0 Å². The Bertz CT molecular complexity index is 599. The van der Waals surface area contributed by atoms with E-state index in [4.69, 9.17) is 0 Å². The van der Waals surface area contributed by atoms with E-state index >= 15 is 0 Å². The van der Waals surface area contributed by atoms with Gasteiger partial charge in [0.1, 0.15) is 5.41 Å². The van der Waals surface area contributed by atoms with E-state index in [2.05, 4.69) is 36.4 Å². The molecular formula is C15H13NO. The predicted octanol–water partition coefficient (Wildman–Crippen LogP) is 1.99. The van der Waals surface area contributed by atoms with Gasteiger partial charge in [-0.3, -0.25) is 4.79 Å². The molecular weight excluding hydrogens is 210 g/mol. The molecule has 0 aromatic heterocycles. The number of likely N-dealkylation sites (N-methyl/N-ethyl adjacent to an activating group) is 1. The number of likely N-dealkylation sites (tertiary alicyclic amines) is 1. The third-order valence-corrected chi connectivity index (χ3v) is 4.28. The number of carbonyl (C=O) groups is 1. The normalized spacial score (nSPS) is 32.5. The Morgan fingerprint density at radius 2 is 2.18 bits per heavy atom. The zero-order valence-corrected chi connectivity index (χ0v) is 9.68. The summed E-state index contributed by atoms with van der Waals surface area (Å²) in [7, 11) is 1.89. The van der Waals surface area contributed by atoms with Gasteiger partial charge in [-0.05, 0) is 16.7 Å². The predicted molar refractivity (Wildman–Crippen MR) is 65.7 cm³/mol. The smallest absolute Gasteiger partial charge is 0.241 e. The summed E-state index contributed by atoms with van der Waals surface area (Å²) in [6, 6.07) is 8.34. The van der Waals surface area contributed by atoms with Gasteiger partial charge in [-0.15, -0.1) is 0 Å². The zero-order chi connectivity index (χ0) is 11.6. The summed E-state index contributed by atoms with van der Waals surface area (Å²) in [5.74, 6) is 0.577. The highest BCUT2D eigenvalue weighted by Gasteiger charge is 2.53. The largest absolute Gasteiger partial charge is 0.340 e. The van der Waals surface area contributed by atoms with Crippen LogP contribution in [0.4, 0.5) is 0 Å². The molecule has 1 aromatic rings. The van der Waals surface area contributed by atoms with Crippen LogP contribution in [0.25, 0.3) is 0 Å². The maximum Gasteiger partial charge on any atom is 0.241 e. The van der Waals surface area contributed by atoms with Gasteiger partial charge in [0.25, 0.3) is 0 Å². The molecule has 1 amide bonds. The van der Waals surface area contributed by atoms with Crippen molar-refractivity contribution in [3.05, 3.63) is 59.2 Å². The summed E-state index contributed by atoms with van der Waals surface area (Å²) in [4.78, 5) is 14.3. The average Bonchev–Trinajstić information content (AvgIpc) is 2.63. The van der Waals surface area contributed by atoms with Crippen molar-refractivity contribution in [2.24, 2.45) is 0 Å². The number of hydrogen-bond donors (Lipinski definition) is 0. The zero-order valence-electron chi connectivity index (χ0n) is 9.68. The fraction of sp³-hybridized carbons (Fsp3) is 0.267. The number of rotatable bonds is 0. The van der Waals surface area contributed by atoms with Crippen molar-refractivity contribution in [1.29, 1.82) is 0 Å². The quantitative estimate of drug-likeness (QED) is 0.616. The van der Waals surface area contributed by atoms with E-state index in [9.17, 15) is 4.79 Å². The minimum absolute atomic E-state index is 0.214. The second-order valence-corrected chi connectivity index (χ2v) is 5.13. The molecule has 4 aliphatic rings. The van der Waals surface area contributed by atoms with E-state index in [0.29, 0.717) is 5.92 Å². The molecule has 0 saturated carbocycles. The lowest BCUT2D eigenvalue weighted by Gasteiger charge is -2.38. The van der Waals surface area contributed by atoms with Gasteiger partial charge >= 0.3 is 0 Å². The van der Waals surface area contributed by atoms with Crippen LogP contribution in [0.5, 0.6) is 0 Å². The van der Waals surface area contributed by atoms with E-state index in [1.807, 2.05) is 18.0 Å². The van der Waals surface area contributed by atoms with Crippen LogP contribution in [0.2, 0.25) is 0 Å². The Labute approximate surface area is 100 Å². The maximum atomic E-state index is 12.5. The molecule has 3 aliphatic carbocycles. The molecule has 5 rings (SSSR count). The van der Waals surface area contributed by atoms with E-state index in [1.165, 1.54) is 16.7 Å². The molecule has 0 radical (unpaired) electrons. The molecule has 84 valence electrons. The Kier molecular flexibility index (Phi) is 1.47. The van der Waals surface area contributed by atoms with Crippen LogP contribution < -0.4 is 0 Å². The number of amides is 1. The highest BCUT2D eigenvalue weighted by atomic mass is 16.2. The third kappa shape index (κ3) is 0.868. The van der Waals surface area contributed by atoms with E-state index in [0.717, 1.165) is 6.54 Å². The van der Waals surface area contributed by atoms with Gasteiger partial charge in [0, 0.05) is 19.5 Å². The molecule has 1 fully saturated rings. The lowest BCUT2D eigenvalue weighted by Crippen LogP contribution is -2.40. The molecule has 1 heterocycles. The molecule has 2 nitrogen and oxygen atoms in total. The first-order chi connectivity index (χ1) is 8.23. The average molecular weight is 223 g/mol. The monoisotopic (exact) mass is 223 g/mol. The van der Waals surface area contributed by atoms with Crippen LogP contribution in [-0.4, -0.2) is 24.4 Å². The second-order valence-electron chi connectivity index (χ2n) is 5.13. The summed E-state index contributed by atoms with van der Waals surface area (Å²) in [5.41, 5.74) is 3.28. The molecule has 17 heavy (non-hydrogen) atoms. The fourth-order valence-corrected chi connectivity index (χ4v) is 3.49. The Balaban J connectivity index is 2.08. The molecule has 1 spiro atoms. The first kappa shape index (κ1) is 9.23. The van der Waals surface area contributed by atoms with Gasteiger partial charge in [0.05, 0.1) is 0 Å². The lowest BCUT2D eigenvalue weighted by atomic mass is 9.63. The highest BCUT2D eigenvalue weighted by molar-refractivity contribution is 5.99. The second kappa shape index (κ2) is 2.70. The number of nitrogens with zero attached hydrogens (tertiary/aromatic N) is 1. The van der Waals surface area contributed by atoms with Crippen molar-refractivity contribution in [2.75, 3.05) is 13.6 Å². The summed E-state index contributed by atoms with van der Waals surface area (Å²) in [5, 5.41) is 0. The minimum Gasteiger partial charge on any atom is -0.340 e. The van der Waals surface area contributed by atoms with E-state index in [-0.39, 0.29) is 5.91 Å². The SMILES string of the molecule is CN1CC2=CC3C=CC2(C1=O)c1ccccc13. The van der Waals surface area contributed by atoms with Crippen molar-refractivity contribution < 1.29 is 4.79 Å². The van der Waals surface area contributed by atoms with Crippen molar-refractivity contribution in [2.45, 2.75) is 11.3 Å². The van der Waals surface area contributed by atoms with Gasteiger partial charge < -0.3 is 4.90 Å². The summed E-state index contributed by atoms with van der Waals surface area (Å²) in [6.07, 6.45) is 6.55. The van der Waals surface area contributed by atoms with Gasteiger partial charge in [0.2, 0.25) is 5.91 Å². The van der Waals surface area contributed by atoms with Gasteiger partial charge in [0.15, 0.2) is 0 Å². The van der Waals surface area contributed by atoms with Crippen molar-refractivity contribution in [3.63, 3.8) is 0 Å². The van der Waals surface area contributed by atoms with E-state index < -0.39 is 5.41 Å². The number of hydrogen-bond acceptors (Lipinski definition) is 1. The lowest BCUT2D eigenvalue weighted by molar-refractivity contribution is -0.129. The first-order valence-corrected chi connectivity index (χ1v) is 5.99. The molecule has 2 unspecified atom stereocenters. The molecule has 0 N–H and O–H groups in total. The molecule has 2 heteroatoms.